The van der Waals surface area contributed by atoms with Crippen LogP contribution in [0.15, 0.2) is 41.3 Å². The van der Waals surface area contributed by atoms with Crippen LogP contribution in [0, 0.1) is 10.1 Å². The highest BCUT2D eigenvalue weighted by Crippen LogP contribution is 2.16. The van der Waals surface area contributed by atoms with Crippen LogP contribution < -0.4 is 5.56 Å². The lowest BCUT2D eigenvalue weighted by molar-refractivity contribution is -0.392. The number of benzene rings is 1. The lowest BCUT2D eigenvalue weighted by atomic mass is 10.2. The molecule has 0 aliphatic carbocycles. The number of nitrogens with zero attached hydrogens (tertiary/aromatic N) is 7. The molecule has 24 heavy (non-hydrogen) atoms. The standard InChI is InChI=1S/C14H11N7O3/c1-18-13(22)9-4-2-3-5-10(9)20-11(16-17-14(18)20)8-19-12(21(23)24)6-7-15-19/h2-7H,8H2,1H3. The maximum atomic E-state index is 12.4. The Bertz CT molecular complexity index is 1150. The van der Waals surface area contributed by atoms with Crippen molar-refractivity contribution in [1.29, 1.82) is 0 Å². The first kappa shape index (κ1) is 14.1. The maximum absolute atomic E-state index is 12.4. The third-order valence-corrected chi connectivity index (χ3v) is 3.87. The van der Waals surface area contributed by atoms with Crippen LogP contribution in [0.4, 0.5) is 5.82 Å². The van der Waals surface area contributed by atoms with Gasteiger partial charge >= 0.3 is 5.82 Å². The first-order valence-corrected chi connectivity index (χ1v) is 7.06. The Morgan fingerprint density at radius 2 is 2.00 bits per heavy atom. The average molecular weight is 325 g/mol. The van der Waals surface area contributed by atoms with Crippen LogP contribution in [-0.2, 0) is 13.6 Å². The molecule has 0 atom stereocenters. The van der Waals surface area contributed by atoms with Gasteiger partial charge in [-0.2, -0.15) is 0 Å². The third kappa shape index (κ3) is 1.89. The number of nitro groups is 1. The smallest absolute Gasteiger partial charge is 0.345 e. The number of aromatic nitrogens is 6. The molecule has 0 N–H and O–H groups in total. The van der Waals surface area contributed by atoms with Crippen molar-refractivity contribution in [3.8, 4) is 0 Å². The number of hydrogen-bond acceptors (Lipinski definition) is 6. The van der Waals surface area contributed by atoms with Crippen LogP contribution in [0.25, 0.3) is 16.7 Å². The first-order chi connectivity index (χ1) is 11.6. The number of fused-ring (bicyclic) bond motifs is 3. The molecule has 0 radical (unpaired) electrons. The van der Waals surface area contributed by atoms with Gasteiger partial charge in [0.05, 0.1) is 23.2 Å². The summed E-state index contributed by atoms with van der Waals surface area (Å²) in [5.41, 5.74) is 0.465. The Hall–Kier alpha value is -3.56. The molecule has 4 aromatic rings. The minimum Gasteiger partial charge on any atom is -0.358 e. The fourth-order valence-electron chi connectivity index (χ4n) is 2.73. The van der Waals surface area contributed by atoms with Crippen molar-refractivity contribution in [3.63, 3.8) is 0 Å². The molecular formula is C14H11N7O3. The van der Waals surface area contributed by atoms with Gasteiger partial charge < -0.3 is 10.1 Å². The summed E-state index contributed by atoms with van der Waals surface area (Å²) >= 11 is 0. The van der Waals surface area contributed by atoms with Crippen molar-refractivity contribution in [3.05, 3.63) is 62.8 Å². The SMILES string of the molecule is Cn1c(=O)c2ccccc2n2c(Cn3nccc3[N+](=O)[O-])nnc12. The summed E-state index contributed by atoms with van der Waals surface area (Å²) in [7, 11) is 1.61. The summed E-state index contributed by atoms with van der Waals surface area (Å²) in [5.74, 6) is 0.674. The number of aryl methyl sites for hydroxylation is 1. The van der Waals surface area contributed by atoms with Gasteiger partial charge in [-0.1, -0.05) is 17.2 Å². The van der Waals surface area contributed by atoms with Crippen LogP contribution in [-0.4, -0.2) is 33.9 Å². The molecule has 0 spiro atoms. The van der Waals surface area contributed by atoms with Gasteiger partial charge in [0.1, 0.15) is 0 Å². The van der Waals surface area contributed by atoms with Gasteiger partial charge in [-0.05, 0) is 17.1 Å². The summed E-state index contributed by atoms with van der Waals surface area (Å²) in [6.45, 7) is 0.0622. The number of rotatable bonds is 3. The largest absolute Gasteiger partial charge is 0.358 e. The molecule has 10 heteroatoms. The Balaban J connectivity index is 1.99. The molecule has 0 saturated carbocycles. The van der Waals surface area contributed by atoms with Gasteiger partial charge in [0.2, 0.25) is 5.78 Å². The second kappa shape index (κ2) is 4.98. The van der Waals surface area contributed by atoms with Gasteiger partial charge in [-0.3, -0.25) is 13.8 Å². The monoisotopic (exact) mass is 325 g/mol. The number of para-hydroxylation sites is 1. The van der Waals surface area contributed by atoms with Crippen LogP contribution >= 0.6 is 0 Å². The Morgan fingerprint density at radius 1 is 1.21 bits per heavy atom. The predicted octanol–water partition coefficient (Wildman–Crippen LogP) is 0.734. The zero-order valence-electron chi connectivity index (χ0n) is 12.5. The molecule has 1 aromatic carbocycles. The van der Waals surface area contributed by atoms with Gasteiger partial charge in [-0.15, -0.1) is 14.9 Å². The van der Waals surface area contributed by atoms with Crippen LogP contribution in [0.1, 0.15) is 5.82 Å². The van der Waals surface area contributed by atoms with Crippen molar-refractivity contribution in [2.75, 3.05) is 0 Å². The van der Waals surface area contributed by atoms with E-state index in [2.05, 4.69) is 15.3 Å². The average Bonchev–Trinajstić information content (AvgIpc) is 3.20. The van der Waals surface area contributed by atoms with Crippen molar-refractivity contribution in [2.24, 2.45) is 7.05 Å². The van der Waals surface area contributed by atoms with Gasteiger partial charge in [0, 0.05) is 7.05 Å². The topological polar surface area (TPSA) is 113 Å². The van der Waals surface area contributed by atoms with E-state index >= 15 is 0 Å². The van der Waals surface area contributed by atoms with E-state index in [-0.39, 0.29) is 17.9 Å². The molecule has 120 valence electrons. The summed E-state index contributed by atoms with van der Waals surface area (Å²) in [6.07, 6.45) is 1.36. The van der Waals surface area contributed by atoms with Gasteiger partial charge in [0.25, 0.3) is 5.56 Å². The van der Waals surface area contributed by atoms with Crippen molar-refractivity contribution < 1.29 is 4.92 Å². The van der Waals surface area contributed by atoms with Crippen LogP contribution in [0.5, 0.6) is 0 Å². The normalized spacial score (nSPS) is 11.4. The predicted molar refractivity (Wildman–Crippen MR) is 83.7 cm³/mol. The minimum atomic E-state index is -0.510. The van der Waals surface area contributed by atoms with E-state index in [9.17, 15) is 14.9 Å². The molecular weight excluding hydrogens is 314 g/mol. The summed E-state index contributed by atoms with van der Waals surface area (Å²) in [6, 6.07) is 8.40. The highest BCUT2D eigenvalue weighted by Gasteiger charge is 2.20. The highest BCUT2D eigenvalue weighted by atomic mass is 16.6. The summed E-state index contributed by atoms with van der Waals surface area (Å²) in [5, 5.41) is 23.7. The maximum Gasteiger partial charge on any atom is 0.345 e. The molecule has 10 nitrogen and oxygen atoms in total. The van der Waals surface area contributed by atoms with E-state index in [4.69, 9.17) is 0 Å². The van der Waals surface area contributed by atoms with E-state index in [1.807, 2.05) is 0 Å². The third-order valence-electron chi connectivity index (χ3n) is 3.87. The van der Waals surface area contributed by atoms with Crippen molar-refractivity contribution in [1.82, 2.24) is 28.9 Å². The Labute approximate surface area is 133 Å². The van der Waals surface area contributed by atoms with Crippen molar-refractivity contribution >= 4 is 22.5 Å². The minimum absolute atomic E-state index is 0.0622. The van der Waals surface area contributed by atoms with E-state index in [1.165, 1.54) is 21.5 Å². The lowest BCUT2D eigenvalue weighted by Gasteiger charge is -2.07. The molecule has 0 amide bonds. The van der Waals surface area contributed by atoms with Crippen LogP contribution in [0.3, 0.4) is 0 Å². The molecule has 0 bridgehead atoms. The Kier molecular flexibility index (Phi) is 2.92. The van der Waals surface area contributed by atoms with E-state index in [0.29, 0.717) is 22.5 Å². The lowest BCUT2D eigenvalue weighted by Crippen LogP contribution is -2.20. The molecule has 4 rings (SSSR count). The molecule has 0 unspecified atom stereocenters. The molecule has 3 heterocycles. The highest BCUT2D eigenvalue weighted by molar-refractivity contribution is 5.80. The van der Waals surface area contributed by atoms with E-state index in [0.717, 1.165) is 0 Å². The molecule has 0 fully saturated rings. The zero-order valence-corrected chi connectivity index (χ0v) is 12.5. The molecule has 0 aliphatic rings. The summed E-state index contributed by atoms with van der Waals surface area (Å²) in [4.78, 5) is 22.9. The number of hydrogen-bond donors (Lipinski definition) is 0. The Morgan fingerprint density at radius 3 is 2.79 bits per heavy atom. The van der Waals surface area contributed by atoms with E-state index in [1.54, 1.807) is 35.7 Å². The zero-order chi connectivity index (χ0) is 16.8. The fourth-order valence-corrected chi connectivity index (χ4v) is 2.73. The van der Waals surface area contributed by atoms with Gasteiger partial charge in [-0.25, -0.2) is 0 Å². The van der Waals surface area contributed by atoms with E-state index < -0.39 is 4.92 Å². The molecule has 3 aromatic heterocycles. The molecule has 0 aliphatic heterocycles. The summed E-state index contributed by atoms with van der Waals surface area (Å²) < 4.78 is 4.34. The quantitative estimate of drug-likeness (QED) is 0.405. The molecule has 0 saturated heterocycles. The fraction of sp³-hybridized carbons (Fsp3) is 0.143. The second-order valence-corrected chi connectivity index (χ2v) is 5.24. The van der Waals surface area contributed by atoms with Gasteiger partial charge in [0.15, 0.2) is 12.4 Å². The first-order valence-electron chi connectivity index (χ1n) is 7.06. The second-order valence-electron chi connectivity index (χ2n) is 5.24. The van der Waals surface area contributed by atoms with Crippen LogP contribution in [0.2, 0.25) is 0 Å². The van der Waals surface area contributed by atoms with Crippen molar-refractivity contribution in [2.45, 2.75) is 6.54 Å².